The van der Waals surface area contributed by atoms with Crippen molar-refractivity contribution in [1.29, 1.82) is 0 Å². The van der Waals surface area contributed by atoms with Crippen molar-refractivity contribution in [2.24, 2.45) is 0 Å². The van der Waals surface area contributed by atoms with E-state index in [1.807, 2.05) is 36.4 Å². The van der Waals surface area contributed by atoms with Crippen molar-refractivity contribution in [3.63, 3.8) is 0 Å². The molecule has 0 N–H and O–H groups in total. The van der Waals surface area contributed by atoms with E-state index in [2.05, 4.69) is 0 Å². The van der Waals surface area contributed by atoms with Crippen LogP contribution in [0.3, 0.4) is 0 Å². The molecular weight excluding hydrogens is 278 g/mol. The molecular formula is C18H15NO3. The van der Waals surface area contributed by atoms with Crippen LogP contribution in [-0.2, 0) is 22.4 Å². The summed E-state index contributed by atoms with van der Waals surface area (Å²) in [6.07, 6.45) is 0.562. The summed E-state index contributed by atoms with van der Waals surface area (Å²) in [6.45, 7) is 0.647. The minimum atomic E-state index is -0.728. The van der Waals surface area contributed by atoms with Gasteiger partial charge in [0.05, 0.1) is 5.56 Å². The zero-order valence-electron chi connectivity index (χ0n) is 12.0. The second-order valence-electron chi connectivity index (χ2n) is 5.62. The fourth-order valence-corrected chi connectivity index (χ4v) is 3.21. The molecule has 110 valence electrons. The van der Waals surface area contributed by atoms with Crippen LogP contribution in [0.5, 0.6) is 0 Å². The summed E-state index contributed by atoms with van der Waals surface area (Å²) in [4.78, 5) is 26.6. The van der Waals surface area contributed by atoms with Crippen LogP contribution in [0.25, 0.3) is 0 Å². The van der Waals surface area contributed by atoms with Crippen molar-refractivity contribution in [3.05, 3.63) is 65.2 Å². The molecule has 2 aliphatic rings. The van der Waals surface area contributed by atoms with Gasteiger partial charge >= 0.3 is 5.97 Å². The molecule has 0 unspecified atom stereocenters. The molecule has 22 heavy (non-hydrogen) atoms. The molecule has 4 nitrogen and oxygen atoms in total. The quantitative estimate of drug-likeness (QED) is 0.758. The number of fused-ring (bicyclic) bond motifs is 2. The Labute approximate surface area is 128 Å². The molecule has 0 bridgehead atoms. The minimum absolute atomic E-state index is 0.132. The lowest BCUT2D eigenvalue weighted by molar-refractivity contribution is -0.127. The summed E-state index contributed by atoms with van der Waals surface area (Å²) in [5.41, 5.74) is 3.54. The van der Waals surface area contributed by atoms with E-state index in [9.17, 15) is 9.59 Å². The lowest BCUT2D eigenvalue weighted by atomic mass is 9.98. The Morgan fingerprint density at radius 2 is 1.77 bits per heavy atom. The van der Waals surface area contributed by atoms with Gasteiger partial charge in [-0.25, -0.2) is 4.79 Å². The van der Waals surface area contributed by atoms with E-state index < -0.39 is 12.1 Å². The second kappa shape index (κ2) is 4.98. The summed E-state index contributed by atoms with van der Waals surface area (Å²) in [5.74, 6) is -0.541. The average Bonchev–Trinajstić information content (AvgIpc) is 2.98. The smallest absolute Gasteiger partial charge is 0.339 e. The van der Waals surface area contributed by atoms with Crippen molar-refractivity contribution in [3.8, 4) is 0 Å². The van der Waals surface area contributed by atoms with Gasteiger partial charge in [-0.2, -0.15) is 0 Å². The van der Waals surface area contributed by atoms with Crippen LogP contribution in [0.4, 0.5) is 5.69 Å². The maximum absolute atomic E-state index is 12.8. The number of rotatable bonds is 1. The molecule has 4 rings (SSSR count). The predicted molar refractivity (Wildman–Crippen MR) is 81.8 cm³/mol. The molecule has 2 heterocycles. The largest absolute Gasteiger partial charge is 0.448 e. The number of amides is 1. The third kappa shape index (κ3) is 1.99. The number of hydrogen-bond donors (Lipinski definition) is 0. The Morgan fingerprint density at radius 3 is 2.64 bits per heavy atom. The normalized spacial score (nSPS) is 19.4. The van der Waals surface area contributed by atoms with Crippen molar-refractivity contribution < 1.29 is 14.3 Å². The first-order chi connectivity index (χ1) is 10.7. The fraction of sp³-hybridized carbons (Fsp3) is 0.222. The molecule has 0 saturated carbocycles. The van der Waals surface area contributed by atoms with E-state index in [-0.39, 0.29) is 5.91 Å². The molecule has 2 aromatic rings. The van der Waals surface area contributed by atoms with Crippen molar-refractivity contribution in [1.82, 2.24) is 0 Å². The number of nitrogens with zero attached hydrogens (tertiary/aromatic N) is 1. The Kier molecular flexibility index (Phi) is 2.96. The van der Waals surface area contributed by atoms with Gasteiger partial charge in [-0.05, 0) is 29.7 Å². The first-order valence-electron chi connectivity index (χ1n) is 7.42. The Morgan fingerprint density at radius 1 is 1.05 bits per heavy atom. The van der Waals surface area contributed by atoms with Crippen molar-refractivity contribution in [2.45, 2.75) is 18.9 Å². The van der Waals surface area contributed by atoms with Gasteiger partial charge in [-0.15, -0.1) is 0 Å². The number of para-hydroxylation sites is 1. The maximum Gasteiger partial charge on any atom is 0.339 e. The summed E-state index contributed by atoms with van der Waals surface area (Å²) in [7, 11) is 0. The molecule has 0 saturated heterocycles. The number of carbonyl (C=O) groups excluding carboxylic acids is 2. The molecule has 1 amide bonds. The Hall–Kier alpha value is -2.62. The lowest BCUT2D eigenvalue weighted by Gasteiger charge is -2.27. The number of benzene rings is 2. The third-order valence-corrected chi connectivity index (χ3v) is 4.32. The van der Waals surface area contributed by atoms with Crippen LogP contribution in [-0.4, -0.2) is 24.5 Å². The molecule has 2 aliphatic heterocycles. The topological polar surface area (TPSA) is 46.6 Å². The molecule has 1 atom stereocenters. The second-order valence-corrected chi connectivity index (χ2v) is 5.62. The Bertz CT molecular complexity index is 768. The van der Waals surface area contributed by atoms with E-state index in [1.54, 1.807) is 17.0 Å². The summed E-state index contributed by atoms with van der Waals surface area (Å²) in [6, 6.07) is 15.2. The van der Waals surface area contributed by atoms with Gasteiger partial charge in [0.2, 0.25) is 0 Å². The van der Waals surface area contributed by atoms with Gasteiger partial charge in [0, 0.05) is 18.7 Å². The van der Waals surface area contributed by atoms with Gasteiger partial charge in [0.25, 0.3) is 5.91 Å². The highest BCUT2D eigenvalue weighted by atomic mass is 16.5. The summed E-state index contributed by atoms with van der Waals surface area (Å²) < 4.78 is 5.37. The van der Waals surface area contributed by atoms with Gasteiger partial charge in [0.1, 0.15) is 0 Å². The highest BCUT2D eigenvalue weighted by Crippen LogP contribution is 2.30. The van der Waals surface area contributed by atoms with Crippen LogP contribution >= 0.6 is 0 Å². The molecule has 0 radical (unpaired) electrons. The Balaban J connectivity index is 1.62. The lowest BCUT2D eigenvalue weighted by Crippen LogP contribution is -2.44. The summed E-state index contributed by atoms with van der Waals surface area (Å²) >= 11 is 0. The van der Waals surface area contributed by atoms with Crippen molar-refractivity contribution in [2.75, 3.05) is 11.4 Å². The maximum atomic E-state index is 12.8. The molecule has 4 heteroatoms. The first-order valence-corrected chi connectivity index (χ1v) is 7.42. The van der Waals surface area contributed by atoms with E-state index >= 15 is 0 Å². The monoisotopic (exact) mass is 293 g/mol. The number of esters is 1. The number of cyclic esters (lactones) is 1. The van der Waals surface area contributed by atoms with Crippen LogP contribution in [0, 0.1) is 0 Å². The minimum Gasteiger partial charge on any atom is -0.448 e. The van der Waals surface area contributed by atoms with Gasteiger partial charge in [-0.1, -0.05) is 36.4 Å². The highest BCUT2D eigenvalue weighted by Gasteiger charge is 2.36. The van der Waals surface area contributed by atoms with Crippen molar-refractivity contribution >= 4 is 17.6 Å². The van der Waals surface area contributed by atoms with Crippen LogP contribution in [0.2, 0.25) is 0 Å². The molecule has 0 aromatic heterocycles. The van der Waals surface area contributed by atoms with E-state index in [4.69, 9.17) is 4.74 Å². The summed E-state index contributed by atoms with van der Waals surface area (Å²) in [5, 5.41) is 0. The zero-order chi connectivity index (χ0) is 15.1. The molecule has 0 spiro atoms. The number of anilines is 1. The van der Waals surface area contributed by atoms with Crippen LogP contribution < -0.4 is 4.90 Å². The standard InChI is InChI=1S/C18H15NO3/c20-17(19-10-9-12-5-2-4-8-15(12)19)16-11-13-6-1-3-7-14(13)18(21)22-16/h1-8,16H,9-11H2/t16-/m0/s1. The number of hydrogen-bond acceptors (Lipinski definition) is 3. The van der Waals surface area contributed by atoms with Crippen LogP contribution in [0.1, 0.15) is 21.5 Å². The van der Waals surface area contributed by atoms with E-state index in [0.29, 0.717) is 18.5 Å². The molecule has 2 aromatic carbocycles. The number of carbonyl (C=O) groups is 2. The zero-order valence-corrected chi connectivity index (χ0v) is 12.0. The van der Waals surface area contributed by atoms with E-state index in [0.717, 1.165) is 17.7 Å². The first kappa shape index (κ1) is 13.1. The third-order valence-electron chi connectivity index (χ3n) is 4.32. The van der Waals surface area contributed by atoms with E-state index in [1.165, 1.54) is 5.56 Å². The van der Waals surface area contributed by atoms with Gasteiger partial charge in [-0.3, -0.25) is 4.79 Å². The molecule has 0 fully saturated rings. The van der Waals surface area contributed by atoms with Crippen LogP contribution in [0.15, 0.2) is 48.5 Å². The average molecular weight is 293 g/mol. The van der Waals surface area contributed by atoms with Gasteiger partial charge < -0.3 is 9.64 Å². The predicted octanol–water partition coefficient (Wildman–Crippen LogP) is 2.36. The molecule has 0 aliphatic carbocycles. The fourth-order valence-electron chi connectivity index (χ4n) is 3.21. The number of ether oxygens (including phenoxy) is 1. The van der Waals surface area contributed by atoms with Gasteiger partial charge in [0.15, 0.2) is 6.10 Å². The highest BCUT2D eigenvalue weighted by molar-refractivity contribution is 6.02. The SMILES string of the molecule is O=C1O[C@H](C(=O)N2CCc3ccccc32)Cc2ccccc21.